The van der Waals surface area contributed by atoms with Gasteiger partial charge in [-0.1, -0.05) is 0 Å². The summed E-state index contributed by atoms with van der Waals surface area (Å²) in [4.78, 5) is 20.8. The second-order valence-corrected chi connectivity index (χ2v) is 6.46. The molecule has 22 heavy (non-hydrogen) atoms. The molecule has 0 bridgehead atoms. The molecule has 1 amide bonds. The van der Waals surface area contributed by atoms with Crippen LogP contribution in [0.3, 0.4) is 0 Å². The van der Waals surface area contributed by atoms with Crippen LogP contribution in [-0.4, -0.2) is 59.6 Å². The molecule has 2 fully saturated rings. The van der Waals surface area contributed by atoms with Crippen LogP contribution in [0.25, 0.3) is 0 Å². The summed E-state index contributed by atoms with van der Waals surface area (Å²) >= 11 is 0. The molecule has 0 aliphatic carbocycles. The maximum absolute atomic E-state index is 12.2. The third-order valence-electron chi connectivity index (χ3n) is 5.04. The lowest BCUT2D eigenvalue weighted by atomic mass is 9.86. The van der Waals surface area contributed by atoms with Crippen molar-refractivity contribution >= 4 is 5.91 Å². The number of pyridine rings is 1. The van der Waals surface area contributed by atoms with Crippen LogP contribution in [0.5, 0.6) is 0 Å². The summed E-state index contributed by atoms with van der Waals surface area (Å²) in [7, 11) is 1.59. The molecule has 0 N–H and O–H groups in total. The fourth-order valence-electron chi connectivity index (χ4n) is 3.95. The van der Waals surface area contributed by atoms with Crippen molar-refractivity contribution in [2.45, 2.75) is 37.8 Å². The lowest BCUT2D eigenvalue weighted by molar-refractivity contribution is -0.139. The maximum Gasteiger partial charge on any atom is 0.248 e. The van der Waals surface area contributed by atoms with E-state index in [0.717, 1.165) is 32.6 Å². The van der Waals surface area contributed by atoms with E-state index in [9.17, 15) is 4.79 Å². The van der Waals surface area contributed by atoms with Crippen molar-refractivity contribution in [3.63, 3.8) is 0 Å². The van der Waals surface area contributed by atoms with Crippen LogP contribution in [0, 0.1) is 0 Å². The molecule has 0 saturated carbocycles. The Morgan fingerprint density at radius 3 is 2.73 bits per heavy atom. The van der Waals surface area contributed by atoms with Crippen LogP contribution < -0.4 is 0 Å². The Bertz CT molecular complexity index is 508. The standard InChI is InChI=1S/C17H25N3O2/c1-22-13-16(21)19-10-2-6-17(14-19)7-3-11-20(17)12-15-4-8-18-9-5-15/h4-5,8-9H,2-3,6-7,10-14H2,1H3/t17-/m0/s1. The highest BCUT2D eigenvalue weighted by atomic mass is 16.5. The normalized spacial score (nSPS) is 25.8. The van der Waals surface area contributed by atoms with Gasteiger partial charge < -0.3 is 9.64 Å². The minimum Gasteiger partial charge on any atom is -0.375 e. The Labute approximate surface area is 132 Å². The van der Waals surface area contributed by atoms with Crippen molar-refractivity contribution in [3.8, 4) is 0 Å². The van der Waals surface area contributed by atoms with Gasteiger partial charge in [-0.05, 0) is 49.9 Å². The van der Waals surface area contributed by atoms with E-state index in [0.29, 0.717) is 0 Å². The van der Waals surface area contributed by atoms with Gasteiger partial charge >= 0.3 is 0 Å². The minimum atomic E-state index is 0.123. The number of hydrogen-bond acceptors (Lipinski definition) is 4. The summed E-state index contributed by atoms with van der Waals surface area (Å²) in [5, 5.41) is 0. The van der Waals surface area contributed by atoms with Crippen molar-refractivity contribution < 1.29 is 9.53 Å². The number of methoxy groups -OCH3 is 1. The second kappa shape index (κ2) is 6.75. The first-order valence-corrected chi connectivity index (χ1v) is 8.14. The van der Waals surface area contributed by atoms with E-state index in [2.05, 4.69) is 22.0 Å². The Kier molecular flexibility index (Phi) is 4.74. The Balaban J connectivity index is 1.71. The topological polar surface area (TPSA) is 45.7 Å². The molecule has 0 aromatic carbocycles. The minimum absolute atomic E-state index is 0.123. The highest BCUT2D eigenvalue weighted by Gasteiger charge is 2.44. The van der Waals surface area contributed by atoms with Gasteiger partial charge in [-0.3, -0.25) is 14.7 Å². The number of aromatic nitrogens is 1. The zero-order valence-corrected chi connectivity index (χ0v) is 13.3. The molecule has 2 aliphatic rings. The van der Waals surface area contributed by atoms with Gasteiger partial charge in [-0.15, -0.1) is 0 Å². The van der Waals surface area contributed by atoms with Crippen molar-refractivity contribution in [2.24, 2.45) is 0 Å². The molecule has 0 unspecified atom stereocenters. The molecule has 1 aromatic heterocycles. The Morgan fingerprint density at radius 1 is 1.27 bits per heavy atom. The summed E-state index contributed by atoms with van der Waals surface area (Å²) in [5.74, 6) is 0.123. The molecule has 0 radical (unpaired) electrons. The third-order valence-corrected chi connectivity index (χ3v) is 5.04. The summed E-state index contributed by atoms with van der Waals surface area (Å²) in [6, 6.07) is 4.17. The molecule has 3 heterocycles. The molecule has 1 atom stereocenters. The fraction of sp³-hybridized carbons (Fsp3) is 0.647. The van der Waals surface area contributed by atoms with Crippen molar-refractivity contribution in [1.82, 2.24) is 14.8 Å². The van der Waals surface area contributed by atoms with Crippen molar-refractivity contribution in [2.75, 3.05) is 33.4 Å². The number of carbonyl (C=O) groups is 1. The summed E-state index contributed by atoms with van der Waals surface area (Å²) in [6.45, 7) is 3.98. The average Bonchev–Trinajstić information content (AvgIpc) is 2.90. The molecule has 1 aromatic rings. The number of hydrogen-bond donors (Lipinski definition) is 0. The van der Waals surface area contributed by atoms with E-state index in [1.165, 1.54) is 24.8 Å². The van der Waals surface area contributed by atoms with Crippen molar-refractivity contribution in [3.05, 3.63) is 30.1 Å². The highest BCUT2D eigenvalue weighted by molar-refractivity contribution is 5.77. The van der Waals surface area contributed by atoms with Crippen LogP contribution in [-0.2, 0) is 16.1 Å². The molecule has 5 nitrogen and oxygen atoms in total. The first kappa shape index (κ1) is 15.4. The molecule has 5 heteroatoms. The summed E-state index contributed by atoms with van der Waals surface area (Å²) in [6.07, 6.45) is 8.39. The van der Waals surface area contributed by atoms with E-state index in [4.69, 9.17) is 4.74 Å². The molecular formula is C17H25N3O2. The molecule has 120 valence electrons. The largest absolute Gasteiger partial charge is 0.375 e. The first-order valence-electron chi connectivity index (χ1n) is 8.14. The van der Waals surface area contributed by atoms with Crippen LogP contribution in [0.2, 0.25) is 0 Å². The van der Waals surface area contributed by atoms with E-state index in [1.807, 2.05) is 17.3 Å². The van der Waals surface area contributed by atoms with Gasteiger partial charge in [0.1, 0.15) is 6.61 Å². The Morgan fingerprint density at radius 2 is 2.00 bits per heavy atom. The van der Waals surface area contributed by atoms with Crippen LogP contribution in [0.15, 0.2) is 24.5 Å². The highest BCUT2D eigenvalue weighted by Crippen LogP contribution is 2.38. The summed E-state index contributed by atoms with van der Waals surface area (Å²) in [5.41, 5.74) is 1.46. The zero-order chi connectivity index (χ0) is 15.4. The van der Waals surface area contributed by atoms with E-state index in [-0.39, 0.29) is 18.1 Å². The van der Waals surface area contributed by atoms with Gasteiger partial charge in [-0.2, -0.15) is 0 Å². The number of carbonyl (C=O) groups excluding carboxylic acids is 1. The molecule has 1 spiro atoms. The number of nitrogens with zero attached hydrogens (tertiary/aromatic N) is 3. The molecule has 2 aliphatic heterocycles. The predicted octanol–water partition coefficient (Wildman–Crippen LogP) is 1.68. The first-order chi connectivity index (χ1) is 10.7. The quantitative estimate of drug-likeness (QED) is 0.849. The van der Waals surface area contributed by atoms with Gasteiger partial charge in [0.2, 0.25) is 5.91 Å². The fourth-order valence-corrected chi connectivity index (χ4v) is 3.95. The van der Waals surface area contributed by atoms with Gasteiger partial charge in [0.25, 0.3) is 0 Å². The van der Waals surface area contributed by atoms with Crippen LogP contribution in [0.4, 0.5) is 0 Å². The zero-order valence-electron chi connectivity index (χ0n) is 13.3. The second-order valence-electron chi connectivity index (χ2n) is 6.46. The summed E-state index contributed by atoms with van der Waals surface area (Å²) < 4.78 is 5.02. The lowest BCUT2D eigenvalue weighted by Crippen LogP contribution is -2.57. The van der Waals surface area contributed by atoms with E-state index < -0.39 is 0 Å². The number of piperidine rings is 1. The molecule has 2 saturated heterocycles. The smallest absolute Gasteiger partial charge is 0.248 e. The molecule has 3 rings (SSSR count). The van der Waals surface area contributed by atoms with Gasteiger partial charge in [-0.25, -0.2) is 0 Å². The van der Waals surface area contributed by atoms with Gasteiger partial charge in [0.15, 0.2) is 0 Å². The third kappa shape index (κ3) is 3.15. The van der Waals surface area contributed by atoms with Crippen LogP contribution in [0.1, 0.15) is 31.2 Å². The van der Waals surface area contributed by atoms with Crippen LogP contribution >= 0.6 is 0 Å². The predicted molar refractivity (Wildman–Crippen MR) is 84.3 cm³/mol. The number of likely N-dealkylation sites (tertiary alicyclic amines) is 2. The lowest BCUT2D eigenvalue weighted by Gasteiger charge is -2.46. The van der Waals surface area contributed by atoms with E-state index in [1.54, 1.807) is 7.11 Å². The maximum atomic E-state index is 12.2. The SMILES string of the molecule is COCC(=O)N1CCC[C@]2(CCCN2Cc2ccncc2)C1. The van der Waals surface area contributed by atoms with Crippen molar-refractivity contribution in [1.29, 1.82) is 0 Å². The monoisotopic (exact) mass is 303 g/mol. The van der Waals surface area contributed by atoms with E-state index >= 15 is 0 Å². The average molecular weight is 303 g/mol. The molecular weight excluding hydrogens is 278 g/mol. The number of ether oxygens (including phenoxy) is 1. The Hall–Kier alpha value is -1.46. The number of rotatable bonds is 4. The number of amides is 1. The van der Waals surface area contributed by atoms with Gasteiger partial charge in [0, 0.05) is 44.7 Å². The van der Waals surface area contributed by atoms with Gasteiger partial charge in [0.05, 0.1) is 0 Å².